The van der Waals surface area contributed by atoms with Gasteiger partial charge in [0.15, 0.2) is 9.84 Å². The Hall–Kier alpha value is -1.05. The molecule has 1 fully saturated rings. The normalized spacial score (nSPS) is 20.8. The number of carbonyl (C=O) groups excluding carboxylic acids is 1. The van der Waals surface area contributed by atoms with Gasteiger partial charge in [-0.1, -0.05) is 26.0 Å². The Morgan fingerprint density at radius 2 is 1.96 bits per heavy atom. The maximum Gasteiger partial charge on any atom is 0.241 e. The van der Waals surface area contributed by atoms with Gasteiger partial charge < -0.3 is 5.32 Å². The fourth-order valence-corrected chi connectivity index (χ4v) is 4.92. The van der Waals surface area contributed by atoms with Gasteiger partial charge in [0.1, 0.15) is 0 Å². The van der Waals surface area contributed by atoms with Gasteiger partial charge in [-0.2, -0.15) is 11.8 Å². The zero-order chi connectivity index (χ0) is 17.9. The first-order valence-electron chi connectivity index (χ1n) is 8.15. The lowest BCUT2D eigenvalue weighted by Gasteiger charge is -2.37. The number of carbonyl (C=O) groups is 1. The predicted octanol–water partition coefficient (Wildman–Crippen LogP) is 2.49. The summed E-state index contributed by atoms with van der Waals surface area (Å²) in [7, 11) is -3.38. The monoisotopic (exact) mass is 370 g/mol. The standard InChI is InChI=1S/C17H26N2O3S2/c1-12(2)15-11-19(9-10-23-15)13(3)17(20)18-14-7-5-6-8-16(14)24(4,21)22/h5-8,12-13,15H,9-11H2,1-4H3,(H,18,20)/t13-,15+/m0/s1. The molecule has 1 N–H and O–H groups in total. The minimum Gasteiger partial charge on any atom is -0.324 e. The molecule has 2 rings (SSSR count). The van der Waals surface area contributed by atoms with E-state index >= 15 is 0 Å². The second kappa shape index (κ2) is 7.89. The van der Waals surface area contributed by atoms with E-state index in [9.17, 15) is 13.2 Å². The molecule has 1 aliphatic rings. The van der Waals surface area contributed by atoms with Gasteiger partial charge in [-0.15, -0.1) is 0 Å². The molecule has 1 amide bonds. The Morgan fingerprint density at radius 1 is 1.29 bits per heavy atom. The number of rotatable bonds is 5. The molecule has 1 heterocycles. The van der Waals surface area contributed by atoms with Crippen molar-refractivity contribution in [2.75, 3.05) is 30.4 Å². The average molecular weight is 371 g/mol. The van der Waals surface area contributed by atoms with Gasteiger partial charge in [0, 0.05) is 30.3 Å². The topological polar surface area (TPSA) is 66.5 Å². The molecule has 24 heavy (non-hydrogen) atoms. The fourth-order valence-electron chi connectivity index (χ4n) is 2.75. The minimum absolute atomic E-state index is 0.153. The van der Waals surface area contributed by atoms with Crippen LogP contribution in [0.2, 0.25) is 0 Å². The largest absolute Gasteiger partial charge is 0.324 e. The van der Waals surface area contributed by atoms with Crippen molar-refractivity contribution in [3.8, 4) is 0 Å². The lowest BCUT2D eigenvalue weighted by molar-refractivity contribution is -0.120. The Morgan fingerprint density at radius 3 is 2.58 bits per heavy atom. The summed E-state index contributed by atoms with van der Waals surface area (Å²) in [6.07, 6.45) is 1.15. The molecule has 0 radical (unpaired) electrons. The lowest BCUT2D eigenvalue weighted by Crippen LogP contribution is -2.49. The lowest BCUT2D eigenvalue weighted by atomic mass is 10.1. The van der Waals surface area contributed by atoms with E-state index in [1.165, 1.54) is 6.07 Å². The van der Waals surface area contributed by atoms with Crippen LogP contribution in [0.3, 0.4) is 0 Å². The van der Waals surface area contributed by atoms with Crippen molar-refractivity contribution in [3.05, 3.63) is 24.3 Å². The first-order chi connectivity index (χ1) is 11.2. The van der Waals surface area contributed by atoms with Crippen LogP contribution in [0.4, 0.5) is 5.69 Å². The van der Waals surface area contributed by atoms with Gasteiger partial charge in [-0.3, -0.25) is 9.69 Å². The molecule has 0 spiro atoms. The minimum atomic E-state index is -3.38. The summed E-state index contributed by atoms with van der Waals surface area (Å²) in [5.41, 5.74) is 0.351. The van der Waals surface area contributed by atoms with Gasteiger partial charge in [-0.05, 0) is 25.0 Å². The maximum atomic E-state index is 12.6. The highest BCUT2D eigenvalue weighted by Gasteiger charge is 2.29. The summed E-state index contributed by atoms with van der Waals surface area (Å²) in [5.74, 6) is 1.42. The second-order valence-electron chi connectivity index (χ2n) is 6.58. The van der Waals surface area contributed by atoms with E-state index in [0.717, 1.165) is 25.1 Å². The van der Waals surface area contributed by atoms with Gasteiger partial charge in [0.25, 0.3) is 0 Å². The molecule has 0 unspecified atom stereocenters. The van der Waals surface area contributed by atoms with Crippen LogP contribution in [0.15, 0.2) is 29.2 Å². The number of hydrogen-bond acceptors (Lipinski definition) is 5. The molecule has 2 atom stereocenters. The number of amides is 1. The van der Waals surface area contributed by atoms with Crippen molar-refractivity contribution < 1.29 is 13.2 Å². The number of benzene rings is 1. The van der Waals surface area contributed by atoms with Crippen LogP contribution in [0.1, 0.15) is 20.8 Å². The van der Waals surface area contributed by atoms with Crippen molar-refractivity contribution in [1.29, 1.82) is 0 Å². The molecule has 1 saturated heterocycles. The Balaban J connectivity index is 2.10. The predicted molar refractivity (Wildman–Crippen MR) is 100 cm³/mol. The third-order valence-electron chi connectivity index (χ3n) is 4.34. The third-order valence-corrected chi connectivity index (χ3v) is 7.03. The van der Waals surface area contributed by atoms with Crippen LogP contribution < -0.4 is 5.32 Å². The molecule has 5 nitrogen and oxygen atoms in total. The summed E-state index contributed by atoms with van der Waals surface area (Å²) in [6.45, 7) is 8.04. The molecule has 0 saturated carbocycles. The summed E-state index contributed by atoms with van der Waals surface area (Å²) in [5, 5.41) is 3.32. The zero-order valence-corrected chi connectivity index (χ0v) is 16.3. The van der Waals surface area contributed by atoms with Crippen molar-refractivity contribution in [2.24, 2.45) is 5.92 Å². The van der Waals surface area contributed by atoms with E-state index in [0.29, 0.717) is 16.9 Å². The highest BCUT2D eigenvalue weighted by atomic mass is 32.2. The molecular formula is C17H26N2O3S2. The number of sulfone groups is 1. The van der Waals surface area contributed by atoms with E-state index < -0.39 is 9.84 Å². The number of anilines is 1. The highest BCUT2D eigenvalue weighted by Crippen LogP contribution is 2.27. The summed E-state index contributed by atoms with van der Waals surface area (Å²) in [4.78, 5) is 14.9. The third kappa shape index (κ3) is 4.74. The fraction of sp³-hybridized carbons (Fsp3) is 0.588. The highest BCUT2D eigenvalue weighted by molar-refractivity contribution is 8.00. The van der Waals surface area contributed by atoms with Crippen LogP contribution >= 0.6 is 11.8 Å². The molecule has 0 aliphatic carbocycles. The summed E-state index contributed by atoms with van der Waals surface area (Å²) >= 11 is 1.96. The smallest absolute Gasteiger partial charge is 0.241 e. The Labute approximate surface area is 149 Å². The van der Waals surface area contributed by atoms with Gasteiger partial charge in [0.05, 0.1) is 16.6 Å². The molecule has 1 aliphatic heterocycles. The van der Waals surface area contributed by atoms with Crippen molar-refractivity contribution in [1.82, 2.24) is 4.90 Å². The average Bonchev–Trinajstić information content (AvgIpc) is 2.53. The first-order valence-corrected chi connectivity index (χ1v) is 11.1. The summed E-state index contributed by atoms with van der Waals surface area (Å²) < 4.78 is 23.7. The second-order valence-corrected chi connectivity index (χ2v) is 9.91. The van der Waals surface area contributed by atoms with Crippen molar-refractivity contribution in [2.45, 2.75) is 37.0 Å². The molecule has 134 valence electrons. The number of para-hydroxylation sites is 1. The van der Waals surface area contributed by atoms with E-state index in [1.807, 2.05) is 18.7 Å². The van der Waals surface area contributed by atoms with Crippen LogP contribution in [0, 0.1) is 5.92 Å². The number of nitrogens with zero attached hydrogens (tertiary/aromatic N) is 1. The Kier molecular flexibility index (Phi) is 6.33. The van der Waals surface area contributed by atoms with Crippen molar-refractivity contribution in [3.63, 3.8) is 0 Å². The van der Waals surface area contributed by atoms with Gasteiger partial charge >= 0.3 is 0 Å². The van der Waals surface area contributed by atoms with E-state index in [2.05, 4.69) is 24.1 Å². The number of hydrogen-bond donors (Lipinski definition) is 1. The van der Waals surface area contributed by atoms with Crippen LogP contribution in [0.5, 0.6) is 0 Å². The Bertz CT molecular complexity index is 689. The van der Waals surface area contributed by atoms with Crippen molar-refractivity contribution >= 4 is 33.2 Å². The first kappa shape index (κ1) is 19.3. The van der Waals surface area contributed by atoms with E-state index in [-0.39, 0.29) is 16.8 Å². The number of nitrogens with one attached hydrogen (secondary N) is 1. The zero-order valence-electron chi connectivity index (χ0n) is 14.7. The van der Waals surface area contributed by atoms with E-state index in [1.54, 1.807) is 18.2 Å². The summed E-state index contributed by atoms with van der Waals surface area (Å²) in [6, 6.07) is 6.23. The van der Waals surface area contributed by atoms with Crippen LogP contribution in [-0.4, -0.2) is 55.6 Å². The molecular weight excluding hydrogens is 344 g/mol. The molecule has 7 heteroatoms. The van der Waals surface area contributed by atoms with Gasteiger partial charge in [-0.25, -0.2) is 8.42 Å². The van der Waals surface area contributed by atoms with E-state index in [4.69, 9.17) is 0 Å². The van der Waals surface area contributed by atoms with Crippen LogP contribution in [0.25, 0.3) is 0 Å². The molecule has 0 bridgehead atoms. The van der Waals surface area contributed by atoms with Crippen LogP contribution in [-0.2, 0) is 14.6 Å². The molecule has 0 aromatic heterocycles. The molecule has 1 aromatic rings. The maximum absolute atomic E-state index is 12.6. The molecule has 1 aromatic carbocycles. The number of thioether (sulfide) groups is 1. The quantitative estimate of drug-likeness (QED) is 0.863. The van der Waals surface area contributed by atoms with Gasteiger partial charge in [0.2, 0.25) is 5.91 Å². The SMILES string of the molecule is CC(C)[C@H]1CN([C@@H](C)C(=O)Nc2ccccc2S(C)(=O)=O)CCS1.